The SMILES string of the molecule is CCS(=O)(=O)N1CCOc2ccc(F)cc2CN(C)c2ccn3ncc(c3n2)C1. The number of fused-ring (bicyclic) bond motifs is 2. The van der Waals surface area contributed by atoms with E-state index in [4.69, 9.17) is 4.74 Å². The molecule has 0 atom stereocenters. The van der Waals surface area contributed by atoms with E-state index >= 15 is 0 Å². The number of hydrogen-bond donors (Lipinski definition) is 0. The van der Waals surface area contributed by atoms with E-state index in [0.29, 0.717) is 34.9 Å². The van der Waals surface area contributed by atoms with E-state index in [2.05, 4.69) is 10.1 Å². The number of halogens is 1. The first kappa shape index (κ1) is 19.6. The minimum Gasteiger partial charge on any atom is -0.492 e. The second kappa shape index (κ2) is 7.60. The minimum atomic E-state index is -3.46. The Morgan fingerprint density at radius 2 is 2.03 bits per heavy atom. The van der Waals surface area contributed by atoms with Crippen LogP contribution in [0, 0.1) is 5.82 Å². The number of sulfonamides is 1. The first-order valence-corrected chi connectivity index (χ1v) is 10.9. The maximum Gasteiger partial charge on any atom is 0.214 e. The van der Waals surface area contributed by atoms with Crippen LogP contribution < -0.4 is 9.64 Å². The van der Waals surface area contributed by atoms with Crippen LogP contribution in [0.15, 0.2) is 36.7 Å². The van der Waals surface area contributed by atoms with E-state index in [1.807, 2.05) is 18.0 Å². The van der Waals surface area contributed by atoms with Gasteiger partial charge in [-0.1, -0.05) is 0 Å². The van der Waals surface area contributed by atoms with Gasteiger partial charge in [-0.2, -0.15) is 9.40 Å². The smallest absolute Gasteiger partial charge is 0.214 e. The molecule has 3 aromatic rings. The Morgan fingerprint density at radius 1 is 1.21 bits per heavy atom. The molecular weight excluding hydrogens is 397 g/mol. The van der Waals surface area contributed by atoms with Crippen molar-refractivity contribution in [3.8, 4) is 5.75 Å². The summed E-state index contributed by atoms with van der Waals surface area (Å²) in [5.74, 6) is 0.811. The highest BCUT2D eigenvalue weighted by molar-refractivity contribution is 7.89. The molecule has 1 aromatic carbocycles. The molecule has 10 heteroatoms. The van der Waals surface area contributed by atoms with Crippen molar-refractivity contribution in [3.05, 3.63) is 53.6 Å². The lowest BCUT2D eigenvalue weighted by molar-refractivity contribution is 0.268. The van der Waals surface area contributed by atoms with Crippen molar-refractivity contribution < 1.29 is 17.5 Å². The molecule has 0 radical (unpaired) electrons. The van der Waals surface area contributed by atoms with Crippen molar-refractivity contribution in [3.63, 3.8) is 0 Å². The number of benzene rings is 1. The molecule has 0 spiro atoms. The van der Waals surface area contributed by atoms with Crippen molar-refractivity contribution in [2.75, 3.05) is 30.9 Å². The number of aromatic nitrogens is 3. The Bertz CT molecular complexity index is 1150. The van der Waals surface area contributed by atoms with Gasteiger partial charge in [0.25, 0.3) is 0 Å². The summed E-state index contributed by atoms with van der Waals surface area (Å²) in [6.45, 7) is 2.46. The van der Waals surface area contributed by atoms with Gasteiger partial charge in [-0.15, -0.1) is 0 Å². The lowest BCUT2D eigenvalue weighted by Gasteiger charge is -2.22. The Kier molecular flexibility index (Phi) is 5.13. The molecule has 0 saturated heterocycles. The quantitative estimate of drug-likeness (QED) is 0.633. The van der Waals surface area contributed by atoms with Gasteiger partial charge in [0.05, 0.1) is 11.9 Å². The Labute approximate surface area is 168 Å². The highest BCUT2D eigenvalue weighted by atomic mass is 32.2. The minimum absolute atomic E-state index is 0.0184. The lowest BCUT2D eigenvalue weighted by Crippen LogP contribution is -2.35. The van der Waals surface area contributed by atoms with E-state index in [-0.39, 0.29) is 31.3 Å². The summed E-state index contributed by atoms with van der Waals surface area (Å²) < 4.78 is 47.9. The third-order valence-electron chi connectivity index (χ3n) is 4.95. The van der Waals surface area contributed by atoms with Crippen LogP contribution in [-0.4, -0.2) is 53.3 Å². The van der Waals surface area contributed by atoms with Gasteiger partial charge in [-0.05, 0) is 31.2 Å². The van der Waals surface area contributed by atoms with Crippen LogP contribution >= 0.6 is 0 Å². The monoisotopic (exact) mass is 419 g/mol. The molecule has 4 rings (SSSR count). The predicted molar refractivity (Wildman–Crippen MR) is 107 cm³/mol. The van der Waals surface area contributed by atoms with Crippen molar-refractivity contribution in [2.24, 2.45) is 0 Å². The van der Waals surface area contributed by atoms with Crippen LogP contribution in [0.25, 0.3) is 5.65 Å². The van der Waals surface area contributed by atoms with Gasteiger partial charge >= 0.3 is 0 Å². The second-order valence-electron chi connectivity index (χ2n) is 6.91. The van der Waals surface area contributed by atoms with Crippen molar-refractivity contribution >= 4 is 21.5 Å². The summed E-state index contributed by atoms with van der Waals surface area (Å²) in [6, 6.07) is 6.14. The van der Waals surface area contributed by atoms with Gasteiger partial charge in [-0.25, -0.2) is 22.3 Å². The number of nitrogens with zero attached hydrogens (tertiary/aromatic N) is 5. The maximum absolute atomic E-state index is 13.8. The van der Waals surface area contributed by atoms with Crippen LogP contribution in [0.2, 0.25) is 0 Å². The Morgan fingerprint density at radius 3 is 2.83 bits per heavy atom. The van der Waals surface area contributed by atoms with Gasteiger partial charge in [0.2, 0.25) is 10.0 Å². The van der Waals surface area contributed by atoms with Crippen LogP contribution in [0.4, 0.5) is 10.2 Å². The van der Waals surface area contributed by atoms with Gasteiger partial charge in [0, 0.05) is 44.0 Å². The van der Waals surface area contributed by atoms with Crippen molar-refractivity contribution in [1.29, 1.82) is 0 Å². The molecule has 0 unspecified atom stereocenters. The average molecular weight is 419 g/mol. The van der Waals surface area contributed by atoms with Gasteiger partial charge < -0.3 is 9.64 Å². The molecule has 0 amide bonds. The molecule has 0 fully saturated rings. The van der Waals surface area contributed by atoms with E-state index < -0.39 is 10.0 Å². The third-order valence-corrected chi connectivity index (χ3v) is 6.78. The van der Waals surface area contributed by atoms with Crippen LogP contribution in [0.3, 0.4) is 0 Å². The molecule has 8 nitrogen and oxygen atoms in total. The fourth-order valence-corrected chi connectivity index (χ4v) is 4.38. The molecule has 0 N–H and O–H groups in total. The molecular formula is C19H22FN5O3S. The summed E-state index contributed by atoms with van der Waals surface area (Å²) in [7, 11) is -1.61. The molecule has 29 heavy (non-hydrogen) atoms. The van der Waals surface area contributed by atoms with E-state index in [9.17, 15) is 12.8 Å². The van der Waals surface area contributed by atoms with Gasteiger partial charge in [0.1, 0.15) is 24.0 Å². The van der Waals surface area contributed by atoms with Crippen LogP contribution in [0.5, 0.6) is 5.75 Å². The van der Waals surface area contributed by atoms with E-state index in [1.165, 1.54) is 16.4 Å². The van der Waals surface area contributed by atoms with Crippen LogP contribution in [0.1, 0.15) is 18.1 Å². The predicted octanol–water partition coefficient (Wildman–Crippen LogP) is 2.05. The lowest BCUT2D eigenvalue weighted by atomic mass is 10.2. The van der Waals surface area contributed by atoms with Crippen LogP contribution in [-0.2, 0) is 23.1 Å². The highest BCUT2D eigenvalue weighted by Crippen LogP contribution is 2.25. The fraction of sp³-hybridized carbons (Fsp3) is 0.368. The number of hydrogen-bond acceptors (Lipinski definition) is 6. The number of anilines is 1. The van der Waals surface area contributed by atoms with Crippen molar-refractivity contribution in [1.82, 2.24) is 18.9 Å². The first-order chi connectivity index (χ1) is 13.9. The second-order valence-corrected chi connectivity index (χ2v) is 9.17. The number of ether oxygens (including phenoxy) is 1. The number of rotatable bonds is 2. The maximum atomic E-state index is 13.8. The molecule has 2 bridgehead atoms. The molecule has 0 aliphatic carbocycles. The summed E-state index contributed by atoms with van der Waals surface area (Å²) in [4.78, 5) is 6.56. The molecule has 0 saturated carbocycles. The summed E-state index contributed by atoms with van der Waals surface area (Å²) in [6.07, 6.45) is 3.41. The van der Waals surface area contributed by atoms with E-state index in [0.717, 1.165) is 0 Å². The van der Waals surface area contributed by atoms with Gasteiger partial charge in [0.15, 0.2) is 5.65 Å². The Hall–Kier alpha value is -2.72. The zero-order valence-corrected chi connectivity index (χ0v) is 17.1. The molecule has 154 valence electrons. The Balaban J connectivity index is 1.82. The summed E-state index contributed by atoms with van der Waals surface area (Å²) in [5.41, 5.74) is 1.96. The first-order valence-electron chi connectivity index (χ1n) is 9.31. The summed E-state index contributed by atoms with van der Waals surface area (Å²) in [5, 5.41) is 4.28. The molecule has 3 heterocycles. The normalized spacial score (nSPS) is 16.0. The average Bonchev–Trinajstić information content (AvgIpc) is 3.10. The van der Waals surface area contributed by atoms with Crippen molar-refractivity contribution in [2.45, 2.75) is 20.0 Å². The zero-order chi connectivity index (χ0) is 20.6. The standard InChI is InChI=1S/C19H22FN5O3S/c1-3-29(26,27)24-8-9-28-17-5-4-16(20)10-14(17)12-23(2)18-6-7-25-19(22-18)15(13-24)11-21-25/h4-7,10-11H,3,8-9,12-13H2,1-2H3. The molecule has 2 aromatic heterocycles. The zero-order valence-electron chi connectivity index (χ0n) is 16.2. The van der Waals surface area contributed by atoms with Gasteiger partial charge in [-0.3, -0.25) is 0 Å². The molecule has 1 aliphatic heterocycles. The largest absolute Gasteiger partial charge is 0.492 e. The topological polar surface area (TPSA) is 80.0 Å². The highest BCUT2D eigenvalue weighted by Gasteiger charge is 2.23. The fourth-order valence-electron chi connectivity index (χ4n) is 3.33. The summed E-state index contributed by atoms with van der Waals surface area (Å²) >= 11 is 0. The third kappa shape index (κ3) is 3.90. The molecule has 1 aliphatic rings. The van der Waals surface area contributed by atoms with E-state index in [1.54, 1.807) is 29.9 Å².